The van der Waals surface area contributed by atoms with Gasteiger partial charge in [-0.05, 0) is 11.6 Å². The Hall–Kier alpha value is -0.770. The average molecular weight is 177 g/mol. The number of hydrogen-bond acceptors (Lipinski definition) is 2. The first kappa shape index (κ1) is 8.33. The summed E-state index contributed by atoms with van der Waals surface area (Å²) in [6.07, 6.45) is 0.788. The van der Waals surface area contributed by atoms with Gasteiger partial charge >= 0.3 is 5.37 Å². The lowest BCUT2D eigenvalue weighted by Gasteiger charge is -2.30. The van der Waals surface area contributed by atoms with Gasteiger partial charge in [-0.3, -0.25) is 9.59 Å². The maximum Gasteiger partial charge on any atom is 0.316 e. The van der Waals surface area contributed by atoms with Crippen LogP contribution in [0, 0.1) is 0 Å². The highest BCUT2D eigenvalue weighted by molar-refractivity contribution is 6.62. The molecule has 11 heavy (non-hydrogen) atoms. The lowest BCUT2D eigenvalue weighted by atomic mass is 10.3. The summed E-state index contributed by atoms with van der Waals surface area (Å²) in [6.45, 7) is 2.26. The molecule has 0 radical (unpaired) electrons. The summed E-state index contributed by atoms with van der Waals surface area (Å²) in [7, 11) is 0. The van der Waals surface area contributed by atoms with Crippen LogP contribution in [-0.4, -0.2) is 47.8 Å². The van der Waals surface area contributed by atoms with Crippen LogP contribution in [0.1, 0.15) is 0 Å². The highest BCUT2D eigenvalue weighted by atomic mass is 35.5. The third kappa shape index (κ3) is 2.08. The second kappa shape index (κ2) is 3.57. The van der Waals surface area contributed by atoms with E-state index in [1.807, 2.05) is 0 Å². The minimum Gasteiger partial charge on any atom is -0.342 e. The van der Waals surface area contributed by atoms with E-state index in [4.69, 9.17) is 11.6 Å². The summed E-state index contributed by atoms with van der Waals surface area (Å²) >= 11 is 5.23. The number of carbonyl (C=O) groups excluding carboxylic acids is 2. The summed E-state index contributed by atoms with van der Waals surface area (Å²) in [5.74, 6) is 0. The highest BCUT2D eigenvalue weighted by Crippen LogP contribution is 2.02. The Morgan fingerprint density at radius 2 is 1.82 bits per heavy atom. The maximum absolute atomic E-state index is 10.6. The average Bonchev–Trinajstić information content (AvgIpc) is 2.05. The minimum atomic E-state index is -0.435. The van der Waals surface area contributed by atoms with Crippen molar-refractivity contribution in [1.82, 2.24) is 9.80 Å². The monoisotopic (exact) mass is 176 g/mol. The van der Waals surface area contributed by atoms with Crippen LogP contribution in [0.2, 0.25) is 0 Å². The molecular weight excluding hydrogens is 168 g/mol. The Labute approximate surface area is 69.7 Å². The van der Waals surface area contributed by atoms with Crippen molar-refractivity contribution < 1.29 is 9.59 Å². The van der Waals surface area contributed by atoms with Gasteiger partial charge < -0.3 is 9.80 Å². The number of carbonyl (C=O) groups is 2. The third-order valence-corrected chi connectivity index (χ3v) is 1.95. The summed E-state index contributed by atoms with van der Waals surface area (Å²) in [6, 6.07) is 0. The largest absolute Gasteiger partial charge is 0.342 e. The quantitative estimate of drug-likeness (QED) is 0.324. The van der Waals surface area contributed by atoms with E-state index in [1.54, 1.807) is 4.90 Å². The molecule has 0 aromatic heterocycles. The van der Waals surface area contributed by atoms with Crippen LogP contribution in [-0.2, 0) is 4.79 Å². The number of piperazine rings is 1. The van der Waals surface area contributed by atoms with Gasteiger partial charge in [0.1, 0.15) is 0 Å². The van der Waals surface area contributed by atoms with Crippen LogP contribution in [0.15, 0.2) is 0 Å². The van der Waals surface area contributed by atoms with E-state index in [0.717, 1.165) is 6.41 Å². The molecule has 1 fully saturated rings. The van der Waals surface area contributed by atoms with Crippen molar-refractivity contribution >= 4 is 23.4 Å². The van der Waals surface area contributed by atoms with E-state index in [1.165, 1.54) is 4.90 Å². The standard InChI is InChI=1S/C6H9ClN2O2/c7-6(11)9-3-1-8(5-10)2-4-9/h5H,1-4H2. The van der Waals surface area contributed by atoms with Crippen molar-refractivity contribution in [1.29, 1.82) is 0 Å². The van der Waals surface area contributed by atoms with Crippen LogP contribution >= 0.6 is 11.6 Å². The molecule has 0 aromatic rings. The van der Waals surface area contributed by atoms with Gasteiger partial charge in [-0.2, -0.15) is 0 Å². The van der Waals surface area contributed by atoms with E-state index >= 15 is 0 Å². The fourth-order valence-electron chi connectivity index (χ4n) is 1.00. The molecule has 62 valence electrons. The number of halogens is 1. The summed E-state index contributed by atoms with van der Waals surface area (Å²) in [5, 5.41) is -0.435. The van der Waals surface area contributed by atoms with Gasteiger partial charge in [-0.1, -0.05) is 0 Å². The van der Waals surface area contributed by atoms with Crippen molar-refractivity contribution in [2.24, 2.45) is 0 Å². The lowest BCUT2D eigenvalue weighted by Crippen LogP contribution is -2.46. The molecule has 1 heterocycles. The van der Waals surface area contributed by atoms with E-state index in [9.17, 15) is 9.59 Å². The molecule has 0 bridgehead atoms. The Bertz CT molecular complexity index is 166. The summed E-state index contributed by atoms with van der Waals surface area (Å²) < 4.78 is 0. The van der Waals surface area contributed by atoms with Crippen molar-refractivity contribution in [2.75, 3.05) is 26.2 Å². The number of nitrogens with zero attached hydrogens (tertiary/aromatic N) is 2. The predicted octanol–water partition coefficient (Wildman–Crippen LogP) is 0.119. The van der Waals surface area contributed by atoms with Crippen molar-refractivity contribution in [3.05, 3.63) is 0 Å². The molecule has 1 rings (SSSR count). The lowest BCUT2D eigenvalue weighted by molar-refractivity contribution is -0.119. The number of hydrogen-bond donors (Lipinski definition) is 0. The van der Waals surface area contributed by atoms with Crippen molar-refractivity contribution in [3.8, 4) is 0 Å². The first-order valence-corrected chi connectivity index (χ1v) is 3.75. The Balaban J connectivity index is 2.35. The SMILES string of the molecule is O=CN1CCN(C(=O)Cl)CC1. The van der Waals surface area contributed by atoms with Gasteiger partial charge in [-0.25, -0.2) is 0 Å². The van der Waals surface area contributed by atoms with E-state index in [0.29, 0.717) is 26.2 Å². The van der Waals surface area contributed by atoms with Gasteiger partial charge in [0.2, 0.25) is 6.41 Å². The molecule has 1 aliphatic rings. The van der Waals surface area contributed by atoms with Gasteiger partial charge in [0.25, 0.3) is 0 Å². The van der Waals surface area contributed by atoms with Crippen LogP contribution in [0.3, 0.4) is 0 Å². The summed E-state index contributed by atoms with van der Waals surface area (Å²) in [5.41, 5.74) is 0. The highest BCUT2D eigenvalue weighted by Gasteiger charge is 2.17. The molecule has 0 atom stereocenters. The first-order chi connectivity index (χ1) is 5.24. The predicted molar refractivity (Wildman–Crippen MR) is 40.5 cm³/mol. The number of amides is 2. The Kier molecular flexibility index (Phi) is 2.70. The molecule has 5 heteroatoms. The van der Waals surface area contributed by atoms with Gasteiger partial charge in [0.15, 0.2) is 0 Å². The second-order valence-electron chi connectivity index (χ2n) is 2.38. The van der Waals surface area contributed by atoms with Gasteiger partial charge in [-0.15, -0.1) is 0 Å². The molecular formula is C6H9ClN2O2. The van der Waals surface area contributed by atoms with Crippen molar-refractivity contribution in [3.63, 3.8) is 0 Å². The molecule has 0 saturated carbocycles. The van der Waals surface area contributed by atoms with Gasteiger partial charge in [0, 0.05) is 26.2 Å². The fraction of sp³-hybridized carbons (Fsp3) is 0.667. The van der Waals surface area contributed by atoms with E-state index < -0.39 is 5.37 Å². The maximum atomic E-state index is 10.6. The molecule has 0 N–H and O–H groups in total. The van der Waals surface area contributed by atoms with E-state index in [-0.39, 0.29) is 0 Å². The zero-order valence-corrected chi connectivity index (χ0v) is 6.75. The molecule has 0 aliphatic carbocycles. The fourth-order valence-corrected chi connectivity index (χ4v) is 1.17. The summed E-state index contributed by atoms with van der Waals surface area (Å²) in [4.78, 5) is 23.9. The van der Waals surface area contributed by atoms with Crippen LogP contribution in [0.5, 0.6) is 0 Å². The molecule has 1 aliphatic heterocycles. The molecule has 0 aromatic carbocycles. The normalized spacial score (nSPS) is 18.3. The second-order valence-corrected chi connectivity index (χ2v) is 2.70. The molecule has 2 amide bonds. The van der Waals surface area contributed by atoms with Crippen LogP contribution in [0.25, 0.3) is 0 Å². The van der Waals surface area contributed by atoms with Crippen molar-refractivity contribution in [2.45, 2.75) is 0 Å². The Morgan fingerprint density at radius 1 is 1.27 bits per heavy atom. The minimum absolute atomic E-state index is 0.435. The van der Waals surface area contributed by atoms with Crippen LogP contribution in [0.4, 0.5) is 4.79 Å². The topological polar surface area (TPSA) is 40.6 Å². The third-order valence-electron chi connectivity index (χ3n) is 1.71. The molecule has 0 unspecified atom stereocenters. The number of rotatable bonds is 1. The molecule has 4 nitrogen and oxygen atoms in total. The zero-order chi connectivity index (χ0) is 8.27. The zero-order valence-electron chi connectivity index (χ0n) is 5.99. The molecule has 1 saturated heterocycles. The Morgan fingerprint density at radius 3 is 2.18 bits per heavy atom. The van der Waals surface area contributed by atoms with E-state index in [2.05, 4.69) is 0 Å². The van der Waals surface area contributed by atoms with Gasteiger partial charge in [0.05, 0.1) is 0 Å². The van der Waals surface area contributed by atoms with Crippen LogP contribution < -0.4 is 0 Å². The first-order valence-electron chi connectivity index (χ1n) is 3.38. The smallest absolute Gasteiger partial charge is 0.316 e. The molecule has 0 spiro atoms.